The number of hydrogen-bond donors (Lipinski definition) is 1. The Labute approximate surface area is 157 Å². The second-order valence-electron chi connectivity index (χ2n) is 6.50. The average molecular weight is 363 g/mol. The van der Waals surface area contributed by atoms with Gasteiger partial charge in [-0.2, -0.15) is 0 Å². The molecule has 5 nitrogen and oxygen atoms in total. The molecule has 0 saturated carbocycles. The first-order valence-electron chi connectivity index (χ1n) is 8.93. The van der Waals surface area contributed by atoms with Crippen LogP contribution in [0.25, 0.3) is 10.8 Å². The quantitative estimate of drug-likeness (QED) is 0.758. The summed E-state index contributed by atoms with van der Waals surface area (Å²) < 4.78 is 16.6. The second kappa shape index (κ2) is 7.19. The minimum Gasteiger partial charge on any atom is -0.496 e. The predicted octanol–water partition coefficient (Wildman–Crippen LogP) is 4.11. The van der Waals surface area contributed by atoms with Crippen molar-refractivity contribution in [2.24, 2.45) is 0 Å². The van der Waals surface area contributed by atoms with Gasteiger partial charge in [-0.15, -0.1) is 0 Å². The fourth-order valence-corrected chi connectivity index (χ4v) is 3.25. The first-order valence-corrected chi connectivity index (χ1v) is 8.93. The molecule has 1 aliphatic heterocycles. The summed E-state index contributed by atoms with van der Waals surface area (Å²) in [5.41, 5.74) is 1.47. The number of rotatable bonds is 4. The summed E-state index contributed by atoms with van der Waals surface area (Å²) in [5, 5.41) is 5.07. The van der Waals surface area contributed by atoms with Gasteiger partial charge < -0.3 is 19.5 Å². The van der Waals surface area contributed by atoms with Crippen molar-refractivity contribution in [3.63, 3.8) is 0 Å². The third-order valence-electron chi connectivity index (χ3n) is 4.73. The number of amides is 1. The van der Waals surface area contributed by atoms with Crippen LogP contribution in [-0.4, -0.2) is 26.2 Å². The zero-order chi connectivity index (χ0) is 18.8. The Morgan fingerprint density at radius 2 is 1.70 bits per heavy atom. The molecular formula is C22H21NO4. The molecule has 0 aromatic heterocycles. The van der Waals surface area contributed by atoms with E-state index in [1.807, 2.05) is 61.5 Å². The highest BCUT2D eigenvalue weighted by Gasteiger charge is 2.19. The van der Waals surface area contributed by atoms with E-state index in [0.29, 0.717) is 30.3 Å². The summed E-state index contributed by atoms with van der Waals surface area (Å²) >= 11 is 0. The van der Waals surface area contributed by atoms with Gasteiger partial charge in [-0.1, -0.05) is 30.3 Å². The highest BCUT2D eigenvalue weighted by Crippen LogP contribution is 2.33. The second-order valence-corrected chi connectivity index (χ2v) is 6.50. The van der Waals surface area contributed by atoms with Gasteiger partial charge in [0.15, 0.2) is 11.5 Å². The minimum atomic E-state index is -0.190. The molecule has 0 radical (unpaired) electrons. The first-order chi connectivity index (χ1) is 13.2. The number of methoxy groups -OCH3 is 1. The SMILES string of the molecule is COc1cc2ccccc2cc1C(=O)NC(C)c1ccc2c(c1)OCCO2. The van der Waals surface area contributed by atoms with Crippen LogP contribution in [0.4, 0.5) is 0 Å². The maximum Gasteiger partial charge on any atom is 0.255 e. The van der Waals surface area contributed by atoms with Crippen LogP contribution in [0.3, 0.4) is 0 Å². The van der Waals surface area contributed by atoms with Gasteiger partial charge in [-0.05, 0) is 47.5 Å². The van der Waals surface area contributed by atoms with E-state index in [1.54, 1.807) is 7.11 Å². The van der Waals surface area contributed by atoms with Gasteiger partial charge in [0.05, 0.1) is 18.7 Å². The lowest BCUT2D eigenvalue weighted by molar-refractivity contribution is 0.0937. The third kappa shape index (κ3) is 3.40. The molecule has 1 N–H and O–H groups in total. The van der Waals surface area contributed by atoms with Crippen molar-refractivity contribution in [3.8, 4) is 17.2 Å². The molecule has 4 rings (SSSR count). The molecule has 1 heterocycles. The Morgan fingerprint density at radius 3 is 2.44 bits per heavy atom. The van der Waals surface area contributed by atoms with E-state index in [4.69, 9.17) is 14.2 Å². The van der Waals surface area contributed by atoms with Gasteiger partial charge >= 0.3 is 0 Å². The fourth-order valence-electron chi connectivity index (χ4n) is 3.25. The minimum absolute atomic E-state index is 0.181. The zero-order valence-electron chi connectivity index (χ0n) is 15.3. The molecule has 0 fully saturated rings. The van der Waals surface area contributed by atoms with Crippen LogP contribution in [0.1, 0.15) is 28.9 Å². The number of fused-ring (bicyclic) bond motifs is 2. The maximum absolute atomic E-state index is 12.9. The Hall–Kier alpha value is -3.21. The number of carbonyl (C=O) groups is 1. The van der Waals surface area contributed by atoms with Crippen molar-refractivity contribution in [1.82, 2.24) is 5.32 Å². The highest BCUT2D eigenvalue weighted by atomic mass is 16.6. The van der Waals surface area contributed by atoms with Gasteiger partial charge in [0, 0.05) is 0 Å². The highest BCUT2D eigenvalue weighted by molar-refractivity contribution is 6.01. The molecule has 5 heteroatoms. The molecule has 0 spiro atoms. The molecule has 138 valence electrons. The van der Waals surface area contributed by atoms with Crippen molar-refractivity contribution >= 4 is 16.7 Å². The van der Waals surface area contributed by atoms with Crippen molar-refractivity contribution in [2.75, 3.05) is 20.3 Å². The number of hydrogen-bond acceptors (Lipinski definition) is 4. The largest absolute Gasteiger partial charge is 0.496 e. The smallest absolute Gasteiger partial charge is 0.255 e. The Bertz CT molecular complexity index is 999. The lowest BCUT2D eigenvalue weighted by Gasteiger charge is -2.21. The van der Waals surface area contributed by atoms with Gasteiger partial charge in [0.2, 0.25) is 0 Å². The van der Waals surface area contributed by atoms with Gasteiger partial charge in [-0.3, -0.25) is 4.79 Å². The van der Waals surface area contributed by atoms with Crippen LogP contribution in [0.15, 0.2) is 54.6 Å². The van der Waals surface area contributed by atoms with E-state index >= 15 is 0 Å². The molecular weight excluding hydrogens is 342 g/mol. The normalized spacial score (nSPS) is 13.9. The van der Waals surface area contributed by atoms with E-state index in [0.717, 1.165) is 22.1 Å². The summed E-state index contributed by atoms with van der Waals surface area (Å²) in [4.78, 5) is 12.9. The molecule has 1 amide bonds. The maximum atomic E-state index is 12.9. The van der Waals surface area contributed by atoms with Crippen LogP contribution in [0.2, 0.25) is 0 Å². The van der Waals surface area contributed by atoms with Gasteiger partial charge in [0.1, 0.15) is 19.0 Å². The molecule has 0 bridgehead atoms. The average Bonchev–Trinajstić information content (AvgIpc) is 2.72. The summed E-state index contributed by atoms with van der Waals surface area (Å²) in [5.74, 6) is 1.82. The topological polar surface area (TPSA) is 56.8 Å². The first kappa shape index (κ1) is 17.2. The standard InChI is InChI=1S/C22H21NO4/c1-14(15-7-8-19-21(12-15)27-10-9-26-19)23-22(24)18-11-16-5-3-4-6-17(16)13-20(18)25-2/h3-8,11-14H,9-10H2,1-2H3,(H,23,24). The van der Waals surface area contributed by atoms with E-state index in [2.05, 4.69) is 5.32 Å². The fraction of sp³-hybridized carbons (Fsp3) is 0.227. The monoisotopic (exact) mass is 363 g/mol. The van der Waals surface area contributed by atoms with E-state index in [9.17, 15) is 4.79 Å². The lowest BCUT2D eigenvalue weighted by Crippen LogP contribution is -2.27. The van der Waals surface area contributed by atoms with Crippen molar-refractivity contribution in [3.05, 3.63) is 65.7 Å². The predicted molar refractivity (Wildman–Crippen MR) is 104 cm³/mol. The summed E-state index contributed by atoms with van der Waals surface area (Å²) in [6.45, 7) is 3.03. The summed E-state index contributed by atoms with van der Waals surface area (Å²) in [6.07, 6.45) is 0. The number of nitrogens with one attached hydrogen (secondary N) is 1. The molecule has 0 aliphatic carbocycles. The molecule has 3 aromatic carbocycles. The number of ether oxygens (including phenoxy) is 3. The summed E-state index contributed by atoms with van der Waals surface area (Å²) in [6, 6.07) is 17.2. The number of carbonyl (C=O) groups excluding carboxylic acids is 1. The van der Waals surface area contributed by atoms with E-state index < -0.39 is 0 Å². The molecule has 0 saturated heterocycles. The number of benzene rings is 3. The van der Waals surface area contributed by atoms with Crippen LogP contribution >= 0.6 is 0 Å². The van der Waals surface area contributed by atoms with Crippen LogP contribution in [0.5, 0.6) is 17.2 Å². The van der Waals surface area contributed by atoms with E-state index in [-0.39, 0.29) is 11.9 Å². The van der Waals surface area contributed by atoms with Crippen LogP contribution in [-0.2, 0) is 0 Å². The summed E-state index contributed by atoms with van der Waals surface area (Å²) in [7, 11) is 1.57. The lowest BCUT2D eigenvalue weighted by atomic mass is 10.0. The van der Waals surface area contributed by atoms with E-state index in [1.165, 1.54) is 0 Å². The van der Waals surface area contributed by atoms with Gasteiger partial charge in [-0.25, -0.2) is 0 Å². The van der Waals surface area contributed by atoms with Crippen molar-refractivity contribution in [1.29, 1.82) is 0 Å². The molecule has 1 atom stereocenters. The van der Waals surface area contributed by atoms with Crippen molar-refractivity contribution in [2.45, 2.75) is 13.0 Å². The molecule has 1 aliphatic rings. The Balaban J connectivity index is 1.59. The van der Waals surface area contributed by atoms with Crippen LogP contribution < -0.4 is 19.5 Å². The third-order valence-corrected chi connectivity index (χ3v) is 4.73. The zero-order valence-corrected chi connectivity index (χ0v) is 15.3. The molecule has 3 aromatic rings. The van der Waals surface area contributed by atoms with Crippen LogP contribution in [0, 0.1) is 0 Å². The van der Waals surface area contributed by atoms with Crippen molar-refractivity contribution < 1.29 is 19.0 Å². The van der Waals surface area contributed by atoms with Gasteiger partial charge in [0.25, 0.3) is 5.91 Å². The Morgan fingerprint density at radius 1 is 1.00 bits per heavy atom. The Kier molecular flexibility index (Phi) is 4.59. The molecule has 27 heavy (non-hydrogen) atoms. The molecule has 1 unspecified atom stereocenters.